The van der Waals surface area contributed by atoms with E-state index in [1.165, 1.54) is 36.5 Å². The van der Waals surface area contributed by atoms with Gasteiger partial charge in [-0.15, -0.1) is 11.3 Å². The van der Waals surface area contributed by atoms with Crippen LogP contribution in [0, 0.1) is 0 Å². The lowest BCUT2D eigenvalue weighted by Gasteiger charge is -2.12. The van der Waals surface area contributed by atoms with Gasteiger partial charge in [0.1, 0.15) is 28.6 Å². The van der Waals surface area contributed by atoms with Gasteiger partial charge in [0, 0.05) is 17.0 Å². The fourth-order valence-corrected chi connectivity index (χ4v) is 4.23. The maximum atomic E-state index is 13.2. The van der Waals surface area contributed by atoms with E-state index in [1.807, 2.05) is 29.6 Å². The number of benzene rings is 2. The second-order valence-electron chi connectivity index (χ2n) is 6.85. The van der Waals surface area contributed by atoms with Gasteiger partial charge in [0.15, 0.2) is 0 Å². The molecule has 0 aliphatic carbocycles. The maximum Gasteiger partial charge on any atom is 0.263 e. The highest BCUT2D eigenvalue weighted by Gasteiger charge is 2.16. The largest absolute Gasteiger partial charge is 0.497 e. The molecule has 0 aliphatic heterocycles. The van der Waals surface area contributed by atoms with Gasteiger partial charge >= 0.3 is 0 Å². The molecule has 0 aliphatic rings. The molecule has 4 aromatic rings. The Hall–Kier alpha value is -3.85. The van der Waals surface area contributed by atoms with E-state index in [0.29, 0.717) is 27.4 Å². The maximum absolute atomic E-state index is 13.2. The summed E-state index contributed by atoms with van der Waals surface area (Å²) in [6.07, 6.45) is 1.39. The number of aromatic nitrogens is 2. The van der Waals surface area contributed by atoms with E-state index in [9.17, 15) is 9.59 Å². The van der Waals surface area contributed by atoms with E-state index < -0.39 is 0 Å². The van der Waals surface area contributed by atoms with Crippen molar-refractivity contribution in [3.05, 3.63) is 64.5 Å². The van der Waals surface area contributed by atoms with Crippen molar-refractivity contribution in [1.29, 1.82) is 0 Å². The van der Waals surface area contributed by atoms with E-state index in [-0.39, 0.29) is 18.0 Å². The number of anilines is 1. The number of rotatable bonds is 7. The van der Waals surface area contributed by atoms with Crippen molar-refractivity contribution in [1.82, 2.24) is 9.55 Å². The van der Waals surface area contributed by atoms with Gasteiger partial charge in [-0.1, -0.05) is 12.1 Å². The summed E-state index contributed by atoms with van der Waals surface area (Å²) in [5.41, 5.74) is 1.82. The molecule has 1 amide bonds. The van der Waals surface area contributed by atoms with Gasteiger partial charge < -0.3 is 19.5 Å². The Morgan fingerprint density at radius 1 is 1.03 bits per heavy atom. The van der Waals surface area contributed by atoms with Gasteiger partial charge in [0.05, 0.1) is 38.7 Å². The normalized spacial score (nSPS) is 10.7. The van der Waals surface area contributed by atoms with Crippen molar-refractivity contribution in [2.75, 3.05) is 26.6 Å². The second kappa shape index (κ2) is 9.11. The lowest BCUT2D eigenvalue weighted by atomic mass is 10.1. The summed E-state index contributed by atoms with van der Waals surface area (Å²) in [5.74, 6) is 1.40. The predicted octanol–water partition coefficient (Wildman–Crippen LogP) is 3.79. The van der Waals surface area contributed by atoms with E-state index in [4.69, 9.17) is 14.2 Å². The SMILES string of the molecule is COc1ccc(-c2csc3ncn(CC(=O)Nc4cc(OC)ccc4OC)c(=O)c23)cc1. The van der Waals surface area contributed by atoms with Crippen LogP contribution in [0.25, 0.3) is 21.3 Å². The van der Waals surface area contributed by atoms with E-state index in [1.54, 1.807) is 25.3 Å². The van der Waals surface area contributed by atoms with E-state index >= 15 is 0 Å². The average Bonchev–Trinajstić information content (AvgIpc) is 3.26. The Kier molecular flexibility index (Phi) is 6.09. The molecule has 4 rings (SSSR count). The number of thiophene rings is 1. The molecule has 1 N–H and O–H groups in total. The Labute approximate surface area is 188 Å². The fraction of sp³-hybridized carbons (Fsp3) is 0.174. The molecular formula is C23H21N3O5S. The number of amides is 1. The molecule has 0 atom stereocenters. The summed E-state index contributed by atoms with van der Waals surface area (Å²) in [5, 5.41) is 5.15. The number of carbonyl (C=O) groups is 1. The minimum atomic E-state index is -0.388. The molecule has 0 unspecified atom stereocenters. The van der Waals surface area contributed by atoms with Crippen LogP contribution in [0.1, 0.15) is 0 Å². The van der Waals surface area contributed by atoms with Crippen LogP contribution < -0.4 is 25.1 Å². The van der Waals surface area contributed by atoms with Crippen LogP contribution >= 0.6 is 11.3 Å². The van der Waals surface area contributed by atoms with Crippen LogP contribution in [0.3, 0.4) is 0 Å². The summed E-state index contributed by atoms with van der Waals surface area (Å²) >= 11 is 1.39. The number of hydrogen-bond acceptors (Lipinski definition) is 7. The number of nitrogens with zero attached hydrogens (tertiary/aromatic N) is 2. The van der Waals surface area contributed by atoms with Crippen molar-refractivity contribution in [3.8, 4) is 28.4 Å². The number of fused-ring (bicyclic) bond motifs is 1. The van der Waals surface area contributed by atoms with Gasteiger partial charge in [0.2, 0.25) is 5.91 Å². The van der Waals surface area contributed by atoms with Gasteiger partial charge in [0.25, 0.3) is 5.56 Å². The molecule has 9 heteroatoms. The first kappa shape index (κ1) is 21.4. The monoisotopic (exact) mass is 451 g/mol. The van der Waals surface area contributed by atoms with Crippen molar-refractivity contribution in [2.45, 2.75) is 6.54 Å². The van der Waals surface area contributed by atoms with Gasteiger partial charge in [-0.2, -0.15) is 0 Å². The van der Waals surface area contributed by atoms with Crippen LogP contribution in [0.5, 0.6) is 17.2 Å². The van der Waals surface area contributed by atoms with Crippen LogP contribution in [-0.4, -0.2) is 36.8 Å². The first-order valence-electron chi connectivity index (χ1n) is 9.67. The third-order valence-corrected chi connectivity index (χ3v) is 5.84. The molecule has 0 saturated heterocycles. The lowest BCUT2D eigenvalue weighted by molar-refractivity contribution is -0.116. The molecule has 32 heavy (non-hydrogen) atoms. The zero-order valence-corrected chi connectivity index (χ0v) is 18.6. The van der Waals surface area contributed by atoms with Crippen molar-refractivity contribution in [3.63, 3.8) is 0 Å². The molecule has 0 fully saturated rings. The summed E-state index contributed by atoms with van der Waals surface area (Å²) in [4.78, 5) is 30.9. The minimum Gasteiger partial charge on any atom is -0.497 e. The Morgan fingerprint density at radius 3 is 2.44 bits per heavy atom. The summed E-state index contributed by atoms with van der Waals surface area (Å²) in [6.45, 7) is -0.194. The summed E-state index contributed by atoms with van der Waals surface area (Å²) < 4.78 is 17.0. The molecule has 0 bridgehead atoms. The number of nitrogens with one attached hydrogen (secondary N) is 1. The molecular weight excluding hydrogens is 430 g/mol. The Morgan fingerprint density at radius 2 is 1.75 bits per heavy atom. The standard InChI is InChI=1S/C23H21N3O5S/c1-29-15-6-4-14(5-7-15)17-12-32-22-21(17)23(28)26(13-24-22)11-20(27)25-18-10-16(30-2)8-9-19(18)31-3/h4-10,12-13H,11H2,1-3H3,(H,25,27). The molecule has 2 aromatic heterocycles. The van der Waals surface area contributed by atoms with Crippen molar-refractivity contribution < 1.29 is 19.0 Å². The highest BCUT2D eigenvalue weighted by Crippen LogP contribution is 2.32. The van der Waals surface area contributed by atoms with E-state index in [0.717, 1.165) is 16.9 Å². The molecule has 0 saturated carbocycles. The molecule has 0 radical (unpaired) electrons. The van der Waals surface area contributed by atoms with Crippen LogP contribution in [0.15, 0.2) is 59.0 Å². The summed E-state index contributed by atoms with van der Waals surface area (Å²) in [7, 11) is 4.65. The Balaban J connectivity index is 1.63. The van der Waals surface area contributed by atoms with Gasteiger partial charge in [-0.05, 0) is 29.8 Å². The minimum absolute atomic E-state index is 0.194. The molecule has 2 aromatic carbocycles. The van der Waals surface area contributed by atoms with Crippen molar-refractivity contribution in [2.24, 2.45) is 0 Å². The highest BCUT2D eigenvalue weighted by atomic mass is 32.1. The zero-order valence-electron chi connectivity index (χ0n) is 17.7. The fourth-order valence-electron chi connectivity index (χ4n) is 3.32. The smallest absolute Gasteiger partial charge is 0.263 e. The first-order valence-corrected chi connectivity index (χ1v) is 10.5. The lowest BCUT2D eigenvalue weighted by Crippen LogP contribution is -2.28. The predicted molar refractivity (Wildman–Crippen MR) is 124 cm³/mol. The van der Waals surface area contributed by atoms with Crippen LogP contribution in [0.2, 0.25) is 0 Å². The zero-order chi connectivity index (χ0) is 22.7. The average molecular weight is 452 g/mol. The number of ether oxygens (including phenoxy) is 3. The van der Waals surface area contributed by atoms with Gasteiger partial charge in [-0.3, -0.25) is 14.2 Å². The third-order valence-electron chi connectivity index (χ3n) is 4.96. The molecule has 0 spiro atoms. The molecule has 164 valence electrons. The summed E-state index contributed by atoms with van der Waals surface area (Å²) in [6, 6.07) is 12.5. The quantitative estimate of drug-likeness (QED) is 0.460. The number of methoxy groups -OCH3 is 3. The van der Waals surface area contributed by atoms with E-state index in [2.05, 4.69) is 10.3 Å². The Bertz CT molecular complexity index is 1330. The van der Waals surface area contributed by atoms with Gasteiger partial charge in [-0.25, -0.2) is 4.98 Å². The number of carbonyl (C=O) groups excluding carboxylic acids is 1. The van der Waals surface area contributed by atoms with Crippen LogP contribution in [-0.2, 0) is 11.3 Å². The topological polar surface area (TPSA) is 91.7 Å². The van der Waals surface area contributed by atoms with Crippen molar-refractivity contribution >= 4 is 33.1 Å². The van der Waals surface area contributed by atoms with Crippen LogP contribution in [0.4, 0.5) is 5.69 Å². The third kappa shape index (κ3) is 4.15. The molecule has 2 heterocycles. The molecule has 8 nitrogen and oxygen atoms in total. The highest BCUT2D eigenvalue weighted by molar-refractivity contribution is 7.17. The number of hydrogen-bond donors (Lipinski definition) is 1. The first-order chi connectivity index (χ1) is 15.5. The second-order valence-corrected chi connectivity index (χ2v) is 7.71.